The van der Waals surface area contributed by atoms with Crippen LogP contribution in [-0.2, 0) is 14.2 Å². The van der Waals surface area contributed by atoms with E-state index in [4.69, 9.17) is 19.3 Å². The molecule has 0 aromatic heterocycles. The highest BCUT2D eigenvalue weighted by atomic mass is 32.2. The van der Waals surface area contributed by atoms with Crippen molar-refractivity contribution in [1.82, 2.24) is 0 Å². The smallest absolute Gasteiger partial charge is 0.187 e. The molecule has 2 saturated heterocycles. The van der Waals surface area contributed by atoms with E-state index >= 15 is 0 Å². The maximum atomic E-state index is 10.2. The van der Waals surface area contributed by atoms with Gasteiger partial charge in [0.05, 0.1) is 13.2 Å². The van der Waals surface area contributed by atoms with Crippen LogP contribution in [0.25, 0.3) is 0 Å². The van der Waals surface area contributed by atoms with Gasteiger partial charge < -0.3 is 39.7 Å². The van der Waals surface area contributed by atoms with Crippen molar-refractivity contribution < 1.29 is 39.7 Å². The lowest BCUT2D eigenvalue weighted by Gasteiger charge is -2.29. The summed E-state index contributed by atoms with van der Waals surface area (Å²) in [5, 5.41) is 48.0. The molecule has 0 saturated carbocycles. The number of aliphatic hydroxyl groups excluding tert-OH is 5. The van der Waals surface area contributed by atoms with Gasteiger partial charge in [-0.25, -0.2) is 10.9 Å². The Morgan fingerprint density at radius 3 is 1.95 bits per heavy atom. The normalized spacial score (nSPS) is 47.9. The van der Waals surface area contributed by atoms with Gasteiger partial charge >= 0.3 is 0 Å². The molecule has 2 heterocycles. The van der Waals surface area contributed by atoms with E-state index in [-0.39, 0.29) is 6.61 Å². The molecule has 0 spiro atoms. The van der Waals surface area contributed by atoms with E-state index < -0.39 is 65.9 Å². The lowest BCUT2D eigenvalue weighted by molar-refractivity contribution is -0.207. The van der Waals surface area contributed by atoms with Crippen molar-refractivity contribution in [3.05, 3.63) is 0 Å². The SMILES string of the molecule is C[SH](C)C1O[C@H](CO)[C@H](O)[C@H]1OC1O[C@H](CO)[C@H](O)[C@H]1O. The third kappa shape index (κ3) is 3.36. The van der Waals surface area contributed by atoms with Gasteiger partial charge in [-0.3, -0.25) is 0 Å². The van der Waals surface area contributed by atoms with E-state index in [0.29, 0.717) is 0 Å². The molecule has 8 nitrogen and oxygen atoms in total. The summed E-state index contributed by atoms with van der Waals surface area (Å²) in [4.78, 5) is 0. The van der Waals surface area contributed by atoms with Gasteiger partial charge in [0.1, 0.15) is 42.1 Å². The third-order valence-electron chi connectivity index (χ3n) is 3.79. The summed E-state index contributed by atoms with van der Waals surface area (Å²) in [5.41, 5.74) is -0.409. The Labute approximate surface area is 125 Å². The highest BCUT2D eigenvalue weighted by molar-refractivity contribution is 8.16. The molecule has 21 heavy (non-hydrogen) atoms. The van der Waals surface area contributed by atoms with Crippen molar-refractivity contribution in [3.8, 4) is 0 Å². The first kappa shape index (κ1) is 17.4. The average molecular weight is 328 g/mol. The predicted molar refractivity (Wildman–Crippen MR) is 75.2 cm³/mol. The number of ether oxygens (including phenoxy) is 3. The molecule has 0 radical (unpaired) electrons. The Kier molecular flexibility index (Phi) is 5.85. The van der Waals surface area contributed by atoms with E-state index in [0.717, 1.165) is 0 Å². The molecule has 2 fully saturated rings. The minimum Gasteiger partial charge on any atom is -0.394 e. The van der Waals surface area contributed by atoms with Crippen molar-refractivity contribution in [2.24, 2.45) is 0 Å². The quantitative estimate of drug-likeness (QED) is 0.298. The fourth-order valence-corrected chi connectivity index (χ4v) is 3.80. The Balaban J connectivity index is 2.06. The zero-order valence-electron chi connectivity index (χ0n) is 11.9. The molecule has 0 amide bonds. The summed E-state index contributed by atoms with van der Waals surface area (Å²) in [5.74, 6) is 0. The highest BCUT2D eigenvalue weighted by Crippen LogP contribution is 2.38. The van der Waals surface area contributed by atoms with Crippen LogP contribution in [-0.4, -0.2) is 99.6 Å². The molecule has 9 heteroatoms. The second-order valence-corrected chi connectivity index (χ2v) is 7.95. The maximum absolute atomic E-state index is 10.2. The molecular formula is C12H24O8S. The second-order valence-electron chi connectivity index (χ2n) is 5.51. The van der Waals surface area contributed by atoms with Crippen LogP contribution in [0.2, 0.25) is 0 Å². The van der Waals surface area contributed by atoms with Crippen LogP contribution >= 0.6 is 10.9 Å². The molecule has 2 rings (SSSR count). The van der Waals surface area contributed by atoms with E-state index in [9.17, 15) is 20.4 Å². The Bertz CT molecular complexity index is 343. The van der Waals surface area contributed by atoms with Crippen molar-refractivity contribution in [1.29, 1.82) is 0 Å². The number of rotatable bonds is 5. The fraction of sp³-hybridized carbons (Fsp3) is 1.00. The van der Waals surface area contributed by atoms with Crippen molar-refractivity contribution in [2.75, 3.05) is 25.7 Å². The van der Waals surface area contributed by atoms with Gasteiger partial charge in [0.25, 0.3) is 0 Å². The number of aliphatic hydroxyl groups is 5. The second kappa shape index (κ2) is 7.07. The molecular weight excluding hydrogens is 304 g/mol. The number of hydrogen-bond donors (Lipinski definition) is 6. The topological polar surface area (TPSA) is 129 Å². The van der Waals surface area contributed by atoms with Gasteiger partial charge in [-0.15, -0.1) is 0 Å². The summed E-state index contributed by atoms with van der Waals surface area (Å²) >= 11 is 0. The minimum atomic E-state index is -1.32. The standard InChI is InChI=1S/C12H24O8S/c1-21(2)12-10(8(16)6(4-14)19-12)20-11-9(17)7(15)5(3-13)18-11/h5-17,21H,3-4H2,1-2H3/t5-,6-,7+,8+,9-,10-,11?,12?/m1/s1. The van der Waals surface area contributed by atoms with Gasteiger partial charge in [-0.2, -0.15) is 0 Å². The third-order valence-corrected chi connectivity index (χ3v) is 5.22. The van der Waals surface area contributed by atoms with E-state index in [1.807, 2.05) is 12.5 Å². The van der Waals surface area contributed by atoms with Crippen LogP contribution in [0, 0.1) is 0 Å². The first-order valence-corrected chi connectivity index (χ1v) is 9.10. The molecule has 0 aromatic rings. The van der Waals surface area contributed by atoms with Crippen LogP contribution < -0.4 is 0 Å². The summed E-state index contributed by atoms with van der Waals surface area (Å²) in [6.45, 7) is -0.782. The van der Waals surface area contributed by atoms with Gasteiger partial charge in [-0.1, -0.05) is 0 Å². The lowest BCUT2D eigenvalue weighted by Crippen LogP contribution is -2.42. The summed E-state index contributed by atoms with van der Waals surface area (Å²) in [6.07, 6.45) is -3.34. The average Bonchev–Trinajstić information content (AvgIpc) is 2.91. The highest BCUT2D eigenvalue weighted by Gasteiger charge is 2.50. The summed E-state index contributed by atoms with van der Waals surface area (Å²) < 4.78 is 16.4. The molecule has 8 atom stereocenters. The van der Waals surface area contributed by atoms with Gasteiger partial charge in [0.2, 0.25) is 0 Å². The first-order chi connectivity index (χ1) is 9.90. The number of hydrogen-bond acceptors (Lipinski definition) is 8. The van der Waals surface area contributed by atoms with Crippen molar-refractivity contribution in [3.63, 3.8) is 0 Å². The molecule has 2 aliphatic heterocycles. The zero-order chi connectivity index (χ0) is 15.7. The van der Waals surface area contributed by atoms with Gasteiger partial charge in [0, 0.05) is 0 Å². The van der Waals surface area contributed by atoms with E-state index in [2.05, 4.69) is 0 Å². The molecule has 0 aromatic carbocycles. The fourth-order valence-electron chi connectivity index (χ4n) is 2.56. The Hall–Kier alpha value is 0.0300. The summed E-state index contributed by atoms with van der Waals surface area (Å²) in [7, 11) is -0.627. The first-order valence-electron chi connectivity index (χ1n) is 6.79. The maximum Gasteiger partial charge on any atom is 0.187 e. The molecule has 0 bridgehead atoms. The van der Waals surface area contributed by atoms with E-state index in [1.165, 1.54) is 0 Å². The molecule has 0 aliphatic carbocycles. The lowest BCUT2D eigenvalue weighted by atomic mass is 10.1. The van der Waals surface area contributed by atoms with Crippen LogP contribution in [0.4, 0.5) is 0 Å². The van der Waals surface area contributed by atoms with Crippen molar-refractivity contribution in [2.45, 2.75) is 48.3 Å². The van der Waals surface area contributed by atoms with Gasteiger partial charge in [0.15, 0.2) is 6.29 Å². The molecule has 5 N–H and O–H groups in total. The molecule has 2 unspecified atom stereocenters. The Morgan fingerprint density at radius 1 is 0.905 bits per heavy atom. The predicted octanol–water partition coefficient (Wildman–Crippen LogP) is -2.85. The monoisotopic (exact) mass is 328 g/mol. The van der Waals surface area contributed by atoms with Gasteiger partial charge in [-0.05, 0) is 12.5 Å². The van der Waals surface area contributed by atoms with Crippen LogP contribution in [0.15, 0.2) is 0 Å². The molecule has 2 aliphatic rings. The molecule has 126 valence electrons. The minimum absolute atomic E-state index is 0.337. The largest absolute Gasteiger partial charge is 0.394 e. The van der Waals surface area contributed by atoms with Crippen LogP contribution in [0.5, 0.6) is 0 Å². The summed E-state index contributed by atoms with van der Waals surface area (Å²) in [6, 6.07) is 0. The zero-order valence-corrected chi connectivity index (χ0v) is 12.8. The van der Waals surface area contributed by atoms with Crippen molar-refractivity contribution >= 4 is 10.9 Å². The van der Waals surface area contributed by atoms with E-state index in [1.54, 1.807) is 0 Å². The van der Waals surface area contributed by atoms with Crippen LogP contribution in [0.1, 0.15) is 0 Å². The van der Waals surface area contributed by atoms with Crippen LogP contribution in [0.3, 0.4) is 0 Å². The number of thiol groups is 1. The Morgan fingerprint density at radius 2 is 1.48 bits per heavy atom.